The highest BCUT2D eigenvalue weighted by atomic mass is 79.9. The highest BCUT2D eigenvalue weighted by molar-refractivity contribution is 9.11. The monoisotopic (exact) mass is 338 g/mol. The van der Waals surface area contributed by atoms with E-state index in [-0.39, 0.29) is 5.91 Å². The molecule has 0 aliphatic carbocycles. The van der Waals surface area contributed by atoms with Crippen molar-refractivity contribution in [1.29, 1.82) is 0 Å². The minimum atomic E-state index is -0.00421. The number of benzene rings is 1. The third-order valence-corrected chi connectivity index (χ3v) is 4.32. The van der Waals surface area contributed by atoms with E-state index in [9.17, 15) is 4.79 Å². The number of amides is 1. The first-order valence-corrected chi connectivity index (χ1v) is 7.66. The summed E-state index contributed by atoms with van der Waals surface area (Å²) < 4.78 is 0.952. The molecule has 0 bridgehead atoms. The van der Waals surface area contributed by atoms with Crippen molar-refractivity contribution in [3.8, 4) is 0 Å². The van der Waals surface area contributed by atoms with E-state index in [4.69, 9.17) is 5.73 Å². The molecular weight excluding hydrogens is 324 g/mol. The Morgan fingerprint density at radius 3 is 2.63 bits per heavy atom. The Hall–Kier alpha value is -1.33. The Balaban J connectivity index is 2.35. The van der Waals surface area contributed by atoms with E-state index >= 15 is 0 Å². The molecule has 0 radical (unpaired) electrons. The lowest BCUT2D eigenvalue weighted by atomic mass is 10.2. The number of nitrogens with two attached hydrogens (primary N) is 1. The maximum Gasteiger partial charge on any atom is 0.268 e. The molecule has 3 nitrogen and oxygen atoms in total. The summed E-state index contributed by atoms with van der Waals surface area (Å²) in [5.74, 6) is -0.00421. The molecule has 0 aliphatic heterocycles. The molecule has 2 rings (SSSR count). The number of hydrogen-bond donors (Lipinski definition) is 1. The van der Waals surface area contributed by atoms with E-state index < -0.39 is 0 Å². The maximum absolute atomic E-state index is 12.6. The molecule has 1 aromatic carbocycles. The molecule has 0 atom stereocenters. The first-order chi connectivity index (χ1) is 9.13. The van der Waals surface area contributed by atoms with Crippen LogP contribution in [0.25, 0.3) is 0 Å². The van der Waals surface area contributed by atoms with Gasteiger partial charge in [-0.2, -0.15) is 0 Å². The van der Waals surface area contributed by atoms with E-state index in [2.05, 4.69) is 15.9 Å². The Morgan fingerprint density at radius 1 is 1.32 bits per heavy atom. The summed E-state index contributed by atoms with van der Waals surface area (Å²) in [5, 5.41) is 0. The molecule has 0 saturated heterocycles. The van der Waals surface area contributed by atoms with Gasteiger partial charge in [0, 0.05) is 6.54 Å². The summed E-state index contributed by atoms with van der Waals surface area (Å²) in [6.45, 7) is 2.70. The fraction of sp³-hybridized carbons (Fsp3) is 0.214. The maximum atomic E-state index is 12.6. The van der Waals surface area contributed by atoms with Crippen LogP contribution in [0.1, 0.15) is 23.0 Å². The van der Waals surface area contributed by atoms with Crippen LogP contribution in [-0.4, -0.2) is 12.5 Å². The molecule has 1 heterocycles. The molecule has 100 valence electrons. The van der Waals surface area contributed by atoms with Crippen LogP contribution < -0.4 is 10.6 Å². The quantitative estimate of drug-likeness (QED) is 0.851. The zero-order chi connectivity index (χ0) is 13.8. The molecule has 0 saturated carbocycles. The average molecular weight is 339 g/mol. The number of thiophene rings is 1. The third-order valence-electron chi connectivity index (χ3n) is 2.70. The number of carbonyl (C=O) groups is 1. The fourth-order valence-electron chi connectivity index (χ4n) is 1.85. The highest BCUT2D eigenvalue weighted by Crippen LogP contribution is 2.28. The molecule has 0 spiro atoms. The van der Waals surface area contributed by atoms with Gasteiger partial charge in [0.25, 0.3) is 5.91 Å². The summed E-state index contributed by atoms with van der Waals surface area (Å²) in [7, 11) is 0. The minimum absolute atomic E-state index is 0.00421. The molecule has 0 fully saturated rings. The molecule has 2 N–H and O–H groups in total. The topological polar surface area (TPSA) is 46.3 Å². The first-order valence-electron chi connectivity index (χ1n) is 6.05. The SMILES string of the molecule is CCCN(C(=O)c1ccc(Br)s1)c1ccccc1N. The van der Waals surface area contributed by atoms with Gasteiger partial charge in [-0.05, 0) is 46.6 Å². The van der Waals surface area contributed by atoms with Crippen molar-refractivity contribution < 1.29 is 4.79 Å². The predicted molar refractivity (Wildman–Crippen MR) is 84.8 cm³/mol. The van der Waals surface area contributed by atoms with Crippen molar-refractivity contribution in [1.82, 2.24) is 0 Å². The smallest absolute Gasteiger partial charge is 0.268 e. The predicted octanol–water partition coefficient (Wildman–Crippen LogP) is 4.15. The number of nitrogens with zero attached hydrogens (tertiary/aromatic N) is 1. The van der Waals surface area contributed by atoms with Gasteiger partial charge in [0.05, 0.1) is 20.0 Å². The zero-order valence-corrected chi connectivity index (χ0v) is 13.0. The van der Waals surface area contributed by atoms with Crippen molar-refractivity contribution in [2.24, 2.45) is 0 Å². The van der Waals surface area contributed by atoms with Gasteiger partial charge in [-0.25, -0.2) is 0 Å². The number of nitrogen functional groups attached to an aromatic ring is 1. The van der Waals surface area contributed by atoms with Crippen LogP contribution in [0.5, 0.6) is 0 Å². The summed E-state index contributed by atoms with van der Waals surface area (Å²) in [6.07, 6.45) is 0.882. The normalized spacial score (nSPS) is 10.4. The third kappa shape index (κ3) is 3.16. The highest BCUT2D eigenvalue weighted by Gasteiger charge is 2.20. The van der Waals surface area contributed by atoms with Crippen molar-refractivity contribution >= 4 is 44.5 Å². The number of rotatable bonds is 4. The van der Waals surface area contributed by atoms with E-state index in [1.54, 1.807) is 4.90 Å². The van der Waals surface area contributed by atoms with Crippen LogP contribution in [0, 0.1) is 0 Å². The van der Waals surface area contributed by atoms with E-state index in [1.165, 1.54) is 11.3 Å². The van der Waals surface area contributed by atoms with Crippen LogP contribution in [0.4, 0.5) is 11.4 Å². The Morgan fingerprint density at radius 2 is 2.05 bits per heavy atom. The molecule has 0 aliphatic rings. The van der Waals surface area contributed by atoms with Gasteiger partial charge in [0.1, 0.15) is 0 Å². The Kier molecular flexibility index (Phi) is 4.61. The second kappa shape index (κ2) is 6.21. The zero-order valence-electron chi connectivity index (χ0n) is 10.6. The molecule has 1 aromatic heterocycles. The van der Waals surface area contributed by atoms with Crippen molar-refractivity contribution in [3.63, 3.8) is 0 Å². The lowest BCUT2D eigenvalue weighted by molar-refractivity contribution is 0.0991. The largest absolute Gasteiger partial charge is 0.397 e. The van der Waals surface area contributed by atoms with E-state index in [0.29, 0.717) is 17.1 Å². The summed E-state index contributed by atoms with van der Waals surface area (Å²) in [6, 6.07) is 11.2. The molecule has 1 amide bonds. The van der Waals surface area contributed by atoms with Crippen LogP contribution >= 0.6 is 27.3 Å². The van der Waals surface area contributed by atoms with Crippen LogP contribution in [0.2, 0.25) is 0 Å². The van der Waals surface area contributed by atoms with Crippen molar-refractivity contribution in [2.75, 3.05) is 17.2 Å². The minimum Gasteiger partial charge on any atom is -0.397 e. The molecular formula is C14H15BrN2OS. The lowest BCUT2D eigenvalue weighted by Gasteiger charge is -2.23. The number of hydrogen-bond acceptors (Lipinski definition) is 3. The van der Waals surface area contributed by atoms with Crippen LogP contribution in [-0.2, 0) is 0 Å². The molecule has 0 unspecified atom stereocenters. The Bertz CT molecular complexity index is 582. The van der Waals surface area contributed by atoms with Gasteiger partial charge in [-0.15, -0.1) is 11.3 Å². The van der Waals surface area contributed by atoms with Crippen molar-refractivity contribution in [2.45, 2.75) is 13.3 Å². The number of para-hydroxylation sites is 2. The van der Waals surface area contributed by atoms with Gasteiger partial charge in [-0.1, -0.05) is 19.1 Å². The van der Waals surface area contributed by atoms with Gasteiger partial charge in [0.2, 0.25) is 0 Å². The van der Waals surface area contributed by atoms with Crippen molar-refractivity contribution in [3.05, 3.63) is 45.1 Å². The standard InChI is InChI=1S/C14H15BrN2OS/c1-2-9-17(11-6-4-3-5-10(11)16)14(18)12-7-8-13(15)19-12/h3-8H,2,9,16H2,1H3. The number of halogens is 1. The number of anilines is 2. The molecule has 5 heteroatoms. The van der Waals surface area contributed by atoms with E-state index in [1.807, 2.05) is 43.3 Å². The van der Waals surface area contributed by atoms with Gasteiger partial charge >= 0.3 is 0 Å². The second-order valence-corrected chi connectivity index (χ2v) is 6.58. The fourth-order valence-corrected chi connectivity index (χ4v) is 3.19. The molecule has 19 heavy (non-hydrogen) atoms. The van der Waals surface area contributed by atoms with Crippen LogP contribution in [0.15, 0.2) is 40.2 Å². The van der Waals surface area contributed by atoms with E-state index in [0.717, 1.165) is 15.9 Å². The summed E-state index contributed by atoms with van der Waals surface area (Å²) >= 11 is 4.82. The number of carbonyl (C=O) groups excluding carboxylic acids is 1. The second-order valence-electron chi connectivity index (χ2n) is 4.12. The van der Waals surface area contributed by atoms with Gasteiger partial charge in [0.15, 0.2) is 0 Å². The van der Waals surface area contributed by atoms with Gasteiger partial charge < -0.3 is 10.6 Å². The summed E-state index contributed by atoms with van der Waals surface area (Å²) in [5.41, 5.74) is 7.37. The first kappa shape index (κ1) is 14.1. The average Bonchev–Trinajstić information content (AvgIpc) is 2.83. The summed E-state index contributed by atoms with van der Waals surface area (Å²) in [4.78, 5) is 15.0. The molecule has 2 aromatic rings. The Labute approximate surface area is 125 Å². The van der Waals surface area contributed by atoms with Crippen LogP contribution in [0.3, 0.4) is 0 Å². The van der Waals surface area contributed by atoms with Gasteiger partial charge in [-0.3, -0.25) is 4.79 Å². The lowest BCUT2D eigenvalue weighted by Crippen LogP contribution is -2.31.